The predicted octanol–water partition coefficient (Wildman–Crippen LogP) is 23.7. The number of hydrogen-bond donors (Lipinski definition) is 7. The number of aryl methyl sites for hydroxylation is 2. The van der Waals surface area contributed by atoms with E-state index in [2.05, 4.69) is 77.6 Å². The van der Waals surface area contributed by atoms with Gasteiger partial charge in [-0.1, -0.05) is 38.6 Å². The van der Waals surface area contributed by atoms with Crippen molar-refractivity contribution < 1.29 is 212 Å². The van der Waals surface area contributed by atoms with E-state index in [0.717, 1.165) is 49.3 Å². The summed E-state index contributed by atoms with van der Waals surface area (Å²) >= 11 is 0. The van der Waals surface area contributed by atoms with Gasteiger partial charge < -0.3 is 65.3 Å². The van der Waals surface area contributed by atoms with Crippen LogP contribution in [0, 0.1) is 43.0 Å². The zero-order chi connectivity index (χ0) is 170. The van der Waals surface area contributed by atoms with Crippen molar-refractivity contribution in [3.8, 4) is 29.0 Å². The summed E-state index contributed by atoms with van der Waals surface area (Å²) in [5, 5.41) is 15.6. The van der Waals surface area contributed by atoms with Gasteiger partial charge in [0, 0.05) is 203 Å². The number of carbonyl (C=O) groups excluding carboxylic acids is 2. The molecule has 0 spiro atoms. The average Bonchev–Trinajstić information content (AvgIpc) is 1.56. The fourth-order valence-corrected chi connectivity index (χ4v) is 15.1. The number of nitrogens with two attached hydrogens (primary N) is 1. The first-order chi connectivity index (χ1) is 96.5. The summed E-state index contributed by atoms with van der Waals surface area (Å²) in [7, 11) is -3.20. The van der Waals surface area contributed by atoms with Crippen molar-refractivity contribution in [2.45, 2.75) is 159 Å². The molecular formula is C72H182F4N16O12S2. The lowest BCUT2D eigenvalue weighted by molar-refractivity contribution is 0.0488. The third-order valence-corrected chi connectivity index (χ3v) is 20.4. The van der Waals surface area contributed by atoms with Crippen LogP contribution in [0.25, 0.3) is 43.9 Å². The second-order valence-corrected chi connectivity index (χ2v) is 31.2. The van der Waals surface area contributed by atoms with Crippen LogP contribution >= 0.6 is 0 Å². The van der Waals surface area contributed by atoms with Crippen LogP contribution in [0.4, 0.5) is 44.3 Å². The molecule has 106 heavy (non-hydrogen) atoms. The number of anilines is 3. The molecule has 2 saturated heterocycles. The number of H-pyrrole nitrogens is 2. The molecule has 2 aliphatic heterocycles. The minimum Gasteiger partial charge on any atom is -0.505 e. The van der Waals surface area contributed by atoms with E-state index in [-0.39, 0.29) is 59.5 Å². The number of aromatic nitrogens is 10. The van der Waals surface area contributed by atoms with Crippen LogP contribution in [0.1, 0.15) is 250 Å². The Kier molecular flexibility index (Phi) is 11.6. The number of halogens is 4. The molecule has 4 aromatic carbocycles. The first kappa shape index (κ1) is 37.8. The minimum atomic E-state index is -4.58. The number of alkyl carbamates (subject to hydrolysis) is 1. The summed E-state index contributed by atoms with van der Waals surface area (Å²) in [4.78, 5) is 66.3. The highest BCUT2D eigenvalue weighted by molar-refractivity contribution is 7.91. The zero-order valence-electron chi connectivity index (χ0n) is 154. The van der Waals surface area contributed by atoms with Crippen LogP contribution in [0.5, 0.6) is 29.0 Å². The number of rotatable bonds is 15. The van der Waals surface area contributed by atoms with Gasteiger partial charge in [0.2, 0.25) is 19.7 Å². The van der Waals surface area contributed by atoms with Gasteiger partial charge in [-0.25, -0.2) is 73.9 Å². The average molecular weight is 1700 g/mol. The zero-order valence-corrected chi connectivity index (χ0v) is 61.8. The standard InChI is InChI=1S/C32H32F2N4O8S2.C23H26F2N8O.C11H20N2O2.C5H6N2O.CH4.47H2/c1-32(2,3)46-31(39)38(4)23-15-22(33)26(34)24-25-28(35-27(23)24)36-30(48(42,43)17-19-9-13-21(45-6)14-10-19)37-29(25)47(40,41)16-18-7-11-20(44-5)12-8-18;1-4-13-7-12(26)5-6-33(13)22-18-17-19(25)15(24)8-16(27-3)20(17)30-21(18)31-23(32-22)34-14-9-28-11(2)29-10-14;1-11(2,3)15-10(14)13-9-5-8-4-7(9)6-12-8;1-4-6-2-5(8)3-7-4;;;;;;;;;;;;;;;;;;;;;;;;;;;;;;;;;;;;;;;;;;;;;;;;/h7-15H,16-17H2,1-6H3,(H,35,36,37);8-10,12-13,27H,4-7,26H2,1-3H3,(H,30,31,32);7-9,12H,4-6H2,1-3H3,(H,13,14);2-3,8H,1H3;1H4;47*1H/t;12-,13+;7-,8-,9-;;;;;;;;;;;;;;;;;;;;;;;;;;;;;;;;;;;;;;;;;;;;;;;;;/m.01................................................./s1/i;;;;;47*1+1D. The number of sulfone groups is 2. The van der Waals surface area contributed by atoms with Crippen LogP contribution in [0.3, 0.4) is 0 Å². The Morgan fingerprint density at radius 3 is 1.80 bits per heavy atom. The van der Waals surface area contributed by atoms with Crippen molar-refractivity contribution in [3.63, 3.8) is 0 Å². The minimum absolute atomic E-state index is 0. The Hall–Kier alpha value is -10.3. The molecule has 1 saturated carbocycles. The SMILES string of the molecule is C.CC(C)(C)OC(=O)N[C@@H]1C[C@H]2C[C@@H]1CN2.CC[C@@H]1C[C@@H](N)CCN1c1nc(Oc2cnc(C)nc2)nc2[nH]c3c(NC)cc(F)c(F)c3c12.COc1ccc(CS(=O)(=O)c2nc(S(=O)(=O)Cc3ccc(OC)cc3)c3c(n2)[nH]c2c(N(C)C(=O)OC(C)(C)C)cc(F)c(F)c23)cc1.Cc1ncc(O)cn1.[2H][2H].[2H][2H].[2H][2H].[2H][2H].[2H][2H].[2H][2H].[2H][2H].[2H][2H].[2H][2H].[2H][2H].[2H][2H].[2H][2H].[2H][2H].[2H][2H].[2H][2H].[2H][2H].[2H][2H].[2H][2H].[2H][2H].[2H][2H].[2H][2H].[2H][2H].[2H][2H].[2H][2H].[2H][2H].[2H][2H].[2H][2H].[2H][2H].[2H][2H].[2H][2H].[2H][2H].[2H][2H].[2H][2H].[2H][2H].[2H][2H].[2H][2H].[2H][2H].[2H][2H].[2H][2H].[2H][2H].[2H][2H].[2H][2H].[2H][2H].[2H][2H].[2H][2H].[2H][2H].[2H][2H]. The van der Waals surface area contributed by atoms with E-state index in [0.29, 0.717) is 87.1 Å². The topological polar surface area (TPSA) is 372 Å². The predicted molar refractivity (Wildman–Crippen MR) is 492 cm³/mol. The van der Waals surface area contributed by atoms with Crippen LogP contribution < -0.4 is 45.7 Å². The highest BCUT2D eigenvalue weighted by atomic mass is 32.2. The molecule has 2 amide bonds. The fourth-order valence-electron chi connectivity index (χ4n) is 12.4. The number of carbonyl (C=O) groups is 2. The van der Waals surface area contributed by atoms with Crippen LogP contribution in [0.15, 0.2) is 95.6 Å². The number of benzene rings is 4. The molecule has 28 nitrogen and oxygen atoms in total. The molecule has 5 atom stereocenters. The van der Waals surface area contributed by atoms with Crippen molar-refractivity contribution in [1.82, 2.24) is 60.5 Å². The third-order valence-electron chi connectivity index (χ3n) is 17.3. The molecule has 6 aromatic heterocycles. The Bertz CT molecular complexity index is 5230. The second kappa shape index (κ2) is 32.6. The molecule has 0 unspecified atom stereocenters. The van der Waals surface area contributed by atoms with Gasteiger partial charge in [0.1, 0.15) is 51.5 Å². The van der Waals surface area contributed by atoms with E-state index in [1.54, 1.807) is 53.8 Å². The molecule has 2 bridgehead atoms. The lowest BCUT2D eigenvalue weighted by atomic mass is 9.95. The summed E-state index contributed by atoms with van der Waals surface area (Å²) in [6.07, 6.45) is 9.18. The van der Waals surface area contributed by atoms with Crippen molar-refractivity contribution in [2.24, 2.45) is 11.7 Å². The van der Waals surface area contributed by atoms with Gasteiger partial charge in [-0.05, 0) is 129 Å². The molecule has 3 aliphatic rings. The number of nitrogens with zero attached hydrogens (tertiary/aromatic N) is 10. The highest BCUT2D eigenvalue weighted by Gasteiger charge is 2.41. The van der Waals surface area contributed by atoms with Gasteiger partial charge in [0.15, 0.2) is 39.8 Å². The lowest BCUT2D eigenvalue weighted by Crippen LogP contribution is -2.47. The number of aromatic hydroxyl groups is 1. The normalized spacial score (nSPS) is 20.6. The summed E-state index contributed by atoms with van der Waals surface area (Å²) < 4.78 is 613. The molecule has 13 rings (SSSR count). The molecular weight excluding hydrogens is 1420 g/mol. The summed E-state index contributed by atoms with van der Waals surface area (Å²) in [5.74, 6) is -2.30. The van der Waals surface area contributed by atoms with Crippen molar-refractivity contribution in [1.29, 1.82) is 0 Å². The maximum absolute atomic E-state index is 15.7. The van der Waals surface area contributed by atoms with E-state index in [4.69, 9.17) is 174 Å². The third kappa shape index (κ3) is 18.7. The molecule has 0 radical (unpaired) electrons. The number of fused-ring (bicyclic) bond motifs is 8. The highest BCUT2D eigenvalue weighted by Crippen LogP contribution is 2.43. The van der Waals surface area contributed by atoms with Crippen LogP contribution in [-0.4, -0.2) is 161 Å². The number of ether oxygens (including phenoxy) is 5. The van der Waals surface area contributed by atoms with E-state index in [1.807, 2.05) is 20.8 Å². The summed E-state index contributed by atoms with van der Waals surface area (Å²) in [6.45, 7) is 17.8. The monoisotopic (exact) mass is 1700 g/mol. The van der Waals surface area contributed by atoms with Crippen LogP contribution in [-0.2, 0) is 40.7 Å². The number of hydrogen-bond acceptors (Lipinski definition) is 24. The number of amides is 2. The Morgan fingerprint density at radius 2 is 1.27 bits per heavy atom. The first-order valence-electron chi connectivity index (χ1n) is 80.5. The van der Waals surface area contributed by atoms with E-state index in [9.17, 15) is 30.8 Å². The van der Waals surface area contributed by atoms with Gasteiger partial charge in [-0.3, -0.25) is 4.90 Å². The Labute approximate surface area is 755 Å². The summed E-state index contributed by atoms with van der Waals surface area (Å²) in [5.41, 5.74) is 5.78. The number of methoxy groups -OCH3 is 2. The largest absolute Gasteiger partial charge is 0.505 e. The van der Waals surface area contributed by atoms with Crippen LogP contribution in [0.2, 0.25) is 0 Å². The first-order valence-corrected chi connectivity index (χ1v) is 36.8. The maximum Gasteiger partial charge on any atom is 0.414 e. The molecule has 8 heterocycles. The molecule has 8 N–H and O–H groups in total. The number of nitrogens with one attached hydrogen (secondary N) is 5. The summed E-state index contributed by atoms with van der Waals surface area (Å²) in [6, 6.07) is 15.1. The molecule has 662 valence electrons. The van der Waals surface area contributed by atoms with Crippen molar-refractivity contribution >= 4 is 92.9 Å². The van der Waals surface area contributed by atoms with Gasteiger partial charge >= 0.3 is 18.2 Å². The Morgan fingerprint density at radius 1 is 0.726 bits per heavy atom. The molecule has 3 fully saturated rings. The number of aromatic amines is 2. The Balaban J connectivity index is -0.0000000408. The molecule has 1 aliphatic carbocycles. The quantitative estimate of drug-likeness (QED) is 0.0285. The smallest absolute Gasteiger partial charge is 0.414 e. The van der Waals surface area contributed by atoms with E-state index >= 15 is 13.2 Å². The second-order valence-electron chi connectivity index (χ2n) is 27.4. The fraction of sp³-hybridized carbons (Fsp3) is 0.417. The maximum atomic E-state index is 15.7. The van der Waals surface area contributed by atoms with Crippen molar-refractivity contribution in [2.75, 3.05) is 56.5 Å². The number of piperidine rings is 2. The van der Waals surface area contributed by atoms with E-state index in [1.165, 1.54) is 88.9 Å². The van der Waals surface area contributed by atoms with Gasteiger partial charge in [-0.15, -0.1) is 0 Å². The van der Waals surface area contributed by atoms with Crippen molar-refractivity contribution in [3.05, 3.63) is 131 Å². The van der Waals surface area contributed by atoms with E-state index < -0.39 is 98.3 Å². The van der Waals surface area contributed by atoms with Gasteiger partial charge in [-0.2, -0.15) is 9.97 Å². The van der Waals surface area contributed by atoms with Gasteiger partial charge in [0.05, 0.1) is 94.5 Å². The van der Waals surface area contributed by atoms with Gasteiger partial charge in [0.25, 0.3) is 5.16 Å². The lowest BCUT2D eigenvalue weighted by Gasteiger charge is -2.39. The molecule has 10 aromatic rings. The molecule has 34 heteroatoms.